The second kappa shape index (κ2) is 6.87. The molecule has 0 saturated carbocycles. The lowest BCUT2D eigenvalue weighted by Gasteiger charge is -2.13. The lowest BCUT2D eigenvalue weighted by Crippen LogP contribution is -2.16. The SMILES string of the molecule is CCn1c(C(C)C(=O)O)cc(Cl)c1C(=O)c1ccc(OC)cc1. The van der Waals surface area contributed by atoms with Crippen LogP contribution in [0.1, 0.15) is 41.5 Å². The average Bonchev–Trinajstić information content (AvgIpc) is 2.89. The first-order valence-electron chi connectivity index (χ1n) is 7.21. The summed E-state index contributed by atoms with van der Waals surface area (Å²) in [7, 11) is 1.55. The number of carboxylic acid groups (broad SMARTS) is 1. The first-order valence-corrected chi connectivity index (χ1v) is 7.59. The molecule has 1 N–H and O–H groups in total. The van der Waals surface area contributed by atoms with E-state index in [2.05, 4.69) is 0 Å². The standard InChI is InChI=1S/C17H18ClNO4/c1-4-19-14(10(2)17(21)22)9-13(18)15(19)16(20)11-5-7-12(23-3)8-6-11/h5-10H,4H2,1-3H3,(H,21,22). The number of nitrogens with zero attached hydrogens (tertiary/aromatic N) is 1. The predicted molar refractivity (Wildman–Crippen MR) is 87.6 cm³/mol. The number of aliphatic carboxylic acids is 1. The van der Waals surface area contributed by atoms with Crippen LogP contribution in [0.4, 0.5) is 0 Å². The van der Waals surface area contributed by atoms with Gasteiger partial charge in [-0.05, 0) is 44.2 Å². The van der Waals surface area contributed by atoms with Crippen molar-refractivity contribution in [3.8, 4) is 5.75 Å². The zero-order chi connectivity index (χ0) is 17.1. The molecule has 1 heterocycles. The fraction of sp³-hybridized carbons (Fsp3) is 0.294. The summed E-state index contributed by atoms with van der Waals surface area (Å²) in [5, 5.41) is 9.47. The normalized spacial score (nSPS) is 12.0. The molecule has 1 aromatic carbocycles. The Balaban J connectivity index is 2.49. The Kier molecular flexibility index (Phi) is 5.11. The third-order valence-electron chi connectivity index (χ3n) is 3.78. The molecule has 2 aromatic rings. The van der Waals surface area contributed by atoms with Gasteiger partial charge in [0.05, 0.1) is 18.1 Å². The van der Waals surface area contributed by atoms with Gasteiger partial charge in [-0.25, -0.2) is 0 Å². The van der Waals surface area contributed by atoms with Gasteiger partial charge in [-0.2, -0.15) is 0 Å². The summed E-state index contributed by atoms with van der Waals surface area (Å²) in [6.45, 7) is 3.87. The van der Waals surface area contributed by atoms with E-state index in [9.17, 15) is 14.7 Å². The molecule has 0 fully saturated rings. The first-order chi connectivity index (χ1) is 10.9. The van der Waals surface area contributed by atoms with E-state index in [4.69, 9.17) is 16.3 Å². The van der Waals surface area contributed by atoms with Crippen molar-refractivity contribution in [3.63, 3.8) is 0 Å². The van der Waals surface area contributed by atoms with E-state index >= 15 is 0 Å². The summed E-state index contributed by atoms with van der Waals surface area (Å²) in [6.07, 6.45) is 0. The first kappa shape index (κ1) is 17.1. The molecule has 0 spiro atoms. The van der Waals surface area contributed by atoms with Crippen LogP contribution in [0.5, 0.6) is 5.75 Å². The van der Waals surface area contributed by atoms with Crippen LogP contribution in [0.3, 0.4) is 0 Å². The molecule has 0 aliphatic carbocycles. The van der Waals surface area contributed by atoms with Crippen LogP contribution < -0.4 is 4.74 Å². The summed E-state index contributed by atoms with van der Waals surface area (Å²) < 4.78 is 6.74. The fourth-order valence-electron chi connectivity index (χ4n) is 2.47. The van der Waals surface area contributed by atoms with E-state index in [1.807, 2.05) is 6.92 Å². The van der Waals surface area contributed by atoms with Crippen molar-refractivity contribution in [2.75, 3.05) is 7.11 Å². The molecule has 0 aliphatic heterocycles. The van der Waals surface area contributed by atoms with E-state index in [-0.39, 0.29) is 10.8 Å². The lowest BCUT2D eigenvalue weighted by molar-refractivity contribution is -0.138. The van der Waals surface area contributed by atoms with Gasteiger partial charge in [0, 0.05) is 17.8 Å². The van der Waals surface area contributed by atoms with Crippen molar-refractivity contribution in [1.82, 2.24) is 4.57 Å². The number of aromatic nitrogens is 1. The number of carbonyl (C=O) groups is 2. The summed E-state index contributed by atoms with van der Waals surface area (Å²) in [5.41, 5.74) is 1.29. The monoisotopic (exact) mass is 335 g/mol. The molecule has 1 atom stereocenters. The highest BCUT2D eigenvalue weighted by molar-refractivity contribution is 6.35. The predicted octanol–water partition coefficient (Wildman–Crippen LogP) is 3.59. The van der Waals surface area contributed by atoms with Gasteiger partial charge >= 0.3 is 5.97 Å². The number of hydrogen-bond acceptors (Lipinski definition) is 3. The summed E-state index contributed by atoms with van der Waals surface area (Å²) in [6, 6.07) is 8.26. The number of ketones is 1. The van der Waals surface area contributed by atoms with Gasteiger partial charge in [0.25, 0.3) is 0 Å². The Bertz CT molecular complexity index is 734. The topological polar surface area (TPSA) is 68.5 Å². The highest BCUT2D eigenvalue weighted by Gasteiger charge is 2.26. The van der Waals surface area contributed by atoms with E-state index < -0.39 is 11.9 Å². The van der Waals surface area contributed by atoms with E-state index in [0.717, 1.165) is 0 Å². The second-order valence-electron chi connectivity index (χ2n) is 5.13. The highest BCUT2D eigenvalue weighted by atomic mass is 35.5. The maximum atomic E-state index is 12.8. The van der Waals surface area contributed by atoms with Crippen LogP contribution >= 0.6 is 11.6 Å². The molecular weight excluding hydrogens is 318 g/mol. The molecular formula is C17H18ClNO4. The Morgan fingerprint density at radius 3 is 2.39 bits per heavy atom. The van der Waals surface area contributed by atoms with E-state index in [1.54, 1.807) is 48.9 Å². The van der Waals surface area contributed by atoms with Crippen molar-refractivity contribution >= 4 is 23.4 Å². The van der Waals surface area contributed by atoms with Crippen LogP contribution in [-0.2, 0) is 11.3 Å². The van der Waals surface area contributed by atoms with Gasteiger partial charge in [-0.15, -0.1) is 0 Å². The zero-order valence-corrected chi connectivity index (χ0v) is 13.9. The second-order valence-corrected chi connectivity index (χ2v) is 5.53. The zero-order valence-electron chi connectivity index (χ0n) is 13.2. The number of halogens is 1. The molecule has 0 saturated heterocycles. The largest absolute Gasteiger partial charge is 0.497 e. The minimum atomic E-state index is -0.961. The molecule has 5 nitrogen and oxygen atoms in total. The number of ether oxygens (including phenoxy) is 1. The molecule has 0 radical (unpaired) electrons. The molecule has 6 heteroatoms. The van der Waals surface area contributed by atoms with Crippen molar-refractivity contribution in [3.05, 3.63) is 52.3 Å². The average molecular weight is 336 g/mol. The number of carboxylic acids is 1. The number of benzene rings is 1. The van der Waals surface area contributed by atoms with Crippen LogP contribution in [0.2, 0.25) is 5.02 Å². The van der Waals surface area contributed by atoms with Gasteiger partial charge < -0.3 is 14.4 Å². The quantitative estimate of drug-likeness (QED) is 0.819. The van der Waals surface area contributed by atoms with E-state index in [0.29, 0.717) is 29.2 Å². The molecule has 1 aromatic heterocycles. The van der Waals surface area contributed by atoms with Gasteiger partial charge in [0.2, 0.25) is 5.78 Å². The van der Waals surface area contributed by atoms with Crippen molar-refractivity contribution in [1.29, 1.82) is 0 Å². The Labute approximate surface area is 139 Å². The minimum absolute atomic E-state index is 0.247. The number of methoxy groups -OCH3 is 1. The van der Waals surface area contributed by atoms with Crippen LogP contribution in [0.15, 0.2) is 30.3 Å². The molecule has 122 valence electrons. The lowest BCUT2D eigenvalue weighted by atomic mass is 10.1. The molecule has 0 aliphatic rings. The number of carbonyl (C=O) groups excluding carboxylic acids is 1. The van der Waals surface area contributed by atoms with Crippen molar-refractivity contribution in [2.45, 2.75) is 26.3 Å². The number of hydrogen-bond donors (Lipinski definition) is 1. The van der Waals surface area contributed by atoms with Gasteiger partial charge in [-0.3, -0.25) is 9.59 Å². The molecule has 1 unspecified atom stereocenters. The van der Waals surface area contributed by atoms with Crippen molar-refractivity contribution in [2.24, 2.45) is 0 Å². The third-order valence-corrected chi connectivity index (χ3v) is 4.07. The molecule has 23 heavy (non-hydrogen) atoms. The Hall–Kier alpha value is -2.27. The Morgan fingerprint density at radius 1 is 1.30 bits per heavy atom. The van der Waals surface area contributed by atoms with Gasteiger partial charge in [-0.1, -0.05) is 11.6 Å². The fourth-order valence-corrected chi connectivity index (χ4v) is 2.77. The Morgan fingerprint density at radius 2 is 1.91 bits per heavy atom. The number of rotatable bonds is 6. The minimum Gasteiger partial charge on any atom is -0.497 e. The summed E-state index contributed by atoms with van der Waals surface area (Å²) in [4.78, 5) is 24.0. The van der Waals surface area contributed by atoms with Crippen LogP contribution in [0.25, 0.3) is 0 Å². The van der Waals surface area contributed by atoms with E-state index in [1.165, 1.54) is 0 Å². The highest BCUT2D eigenvalue weighted by Crippen LogP contribution is 2.29. The molecule has 2 rings (SSSR count). The smallest absolute Gasteiger partial charge is 0.312 e. The summed E-state index contributed by atoms with van der Waals surface area (Å²) in [5.74, 6) is -1.30. The van der Waals surface area contributed by atoms with Crippen LogP contribution in [-0.4, -0.2) is 28.5 Å². The van der Waals surface area contributed by atoms with Gasteiger partial charge in [0.15, 0.2) is 0 Å². The molecule has 0 bridgehead atoms. The third kappa shape index (κ3) is 3.24. The van der Waals surface area contributed by atoms with Gasteiger partial charge in [0.1, 0.15) is 11.4 Å². The maximum absolute atomic E-state index is 12.8. The molecule has 0 amide bonds. The summed E-state index contributed by atoms with van der Waals surface area (Å²) >= 11 is 6.22. The maximum Gasteiger partial charge on any atom is 0.312 e. The van der Waals surface area contributed by atoms with Crippen LogP contribution in [0, 0.1) is 0 Å². The van der Waals surface area contributed by atoms with Crippen molar-refractivity contribution < 1.29 is 19.4 Å².